The first kappa shape index (κ1) is 28.6. The van der Waals surface area contributed by atoms with Gasteiger partial charge >= 0.3 is 0 Å². The van der Waals surface area contributed by atoms with Gasteiger partial charge in [0.05, 0.1) is 31.7 Å². The Labute approximate surface area is 240 Å². The van der Waals surface area contributed by atoms with Crippen LogP contribution in [0.15, 0.2) is 45.1 Å². The molecule has 1 fully saturated rings. The van der Waals surface area contributed by atoms with Crippen LogP contribution in [0, 0.1) is 26.6 Å². The van der Waals surface area contributed by atoms with Gasteiger partial charge in [-0.3, -0.25) is 9.69 Å². The molecule has 5 rings (SSSR count). The van der Waals surface area contributed by atoms with E-state index in [1.165, 1.54) is 21.7 Å². The molecule has 1 amide bonds. The van der Waals surface area contributed by atoms with Crippen LogP contribution in [0.4, 0.5) is 4.39 Å². The van der Waals surface area contributed by atoms with Crippen molar-refractivity contribution in [3.63, 3.8) is 0 Å². The summed E-state index contributed by atoms with van der Waals surface area (Å²) >= 11 is 2.67. The zero-order valence-electron chi connectivity index (χ0n) is 22.6. The van der Waals surface area contributed by atoms with Crippen molar-refractivity contribution in [2.75, 3.05) is 32.7 Å². The Kier molecular flexibility index (Phi) is 8.20. The van der Waals surface area contributed by atoms with Crippen molar-refractivity contribution in [2.45, 2.75) is 37.9 Å². The third-order valence-electron chi connectivity index (χ3n) is 6.66. The first-order valence-electron chi connectivity index (χ1n) is 12.8. The summed E-state index contributed by atoms with van der Waals surface area (Å²) in [7, 11) is -3.63. The van der Waals surface area contributed by atoms with Gasteiger partial charge in [-0.2, -0.15) is 4.31 Å². The standard InChI is InChI=1S/C27H30FN5O4S3/c1-16-13-23(37-31-16)24-7-8-25(39-24)40(35,36)33-11-9-32(10-12-33)15-17(2)29-27(34)21-14-20(5-6-22(21)28)26-18(3)30-19(4)38-26/h5-8,13-14,17H,9-12,15H2,1-4H3,(H,29,34). The zero-order chi connectivity index (χ0) is 28.6. The molecule has 40 heavy (non-hydrogen) atoms. The van der Waals surface area contributed by atoms with Crippen LogP contribution >= 0.6 is 22.7 Å². The first-order valence-corrected chi connectivity index (χ1v) is 15.9. The Hall–Kier alpha value is -2.97. The highest BCUT2D eigenvalue weighted by Gasteiger charge is 2.31. The Morgan fingerprint density at radius 3 is 2.50 bits per heavy atom. The van der Waals surface area contributed by atoms with E-state index in [1.54, 1.807) is 30.3 Å². The Morgan fingerprint density at radius 1 is 1.10 bits per heavy atom. The number of aromatic nitrogens is 2. The van der Waals surface area contributed by atoms with Gasteiger partial charge in [0.25, 0.3) is 15.9 Å². The molecule has 9 nitrogen and oxygen atoms in total. The number of thiazole rings is 1. The van der Waals surface area contributed by atoms with Crippen LogP contribution in [-0.4, -0.2) is 72.4 Å². The molecule has 1 N–H and O–H groups in total. The topological polar surface area (TPSA) is 109 Å². The van der Waals surface area contributed by atoms with Crippen LogP contribution in [0.25, 0.3) is 21.1 Å². The van der Waals surface area contributed by atoms with E-state index in [4.69, 9.17) is 4.52 Å². The molecular formula is C27H30FN5O4S3. The van der Waals surface area contributed by atoms with E-state index >= 15 is 0 Å². The average Bonchev–Trinajstić information content (AvgIpc) is 3.64. The molecule has 3 aromatic heterocycles. The van der Waals surface area contributed by atoms with E-state index < -0.39 is 21.7 Å². The fourth-order valence-corrected chi connectivity index (χ4v) is 8.47. The maximum Gasteiger partial charge on any atom is 0.254 e. The molecule has 0 spiro atoms. The molecule has 1 atom stereocenters. The van der Waals surface area contributed by atoms with Crippen LogP contribution in [0.2, 0.25) is 0 Å². The number of amides is 1. The zero-order valence-corrected chi connectivity index (χ0v) is 25.1. The number of aryl methyl sites for hydroxylation is 3. The van der Waals surface area contributed by atoms with E-state index in [0.717, 1.165) is 38.2 Å². The minimum Gasteiger partial charge on any atom is -0.355 e. The number of piperazine rings is 1. The number of nitrogens with zero attached hydrogens (tertiary/aromatic N) is 4. The predicted octanol–water partition coefficient (Wildman–Crippen LogP) is 4.72. The lowest BCUT2D eigenvalue weighted by Crippen LogP contribution is -2.52. The molecule has 0 bridgehead atoms. The van der Waals surface area contributed by atoms with Gasteiger partial charge in [-0.1, -0.05) is 11.2 Å². The van der Waals surface area contributed by atoms with Gasteiger partial charge in [0.1, 0.15) is 10.0 Å². The second kappa shape index (κ2) is 11.5. The smallest absolute Gasteiger partial charge is 0.254 e. The highest BCUT2D eigenvalue weighted by Crippen LogP contribution is 2.33. The summed E-state index contributed by atoms with van der Waals surface area (Å²) in [6.07, 6.45) is 0. The lowest BCUT2D eigenvalue weighted by Gasteiger charge is -2.35. The number of hydrogen-bond acceptors (Lipinski definition) is 9. The third kappa shape index (κ3) is 6.03. The summed E-state index contributed by atoms with van der Waals surface area (Å²) in [6, 6.07) is 9.38. The summed E-state index contributed by atoms with van der Waals surface area (Å²) < 4.78 is 48.1. The van der Waals surface area contributed by atoms with Gasteiger partial charge < -0.3 is 9.84 Å². The van der Waals surface area contributed by atoms with Gasteiger partial charge in [-0.05, 0) is 57.5 Å². The average molecular weight is 604 g/mol. The van der Waals surface area contributed by atoms with Crippen LogP contribution in [-0.2, 0) is 10.0 Å². The fraction of sp³-hybridized carbons (Fsp3) is 0.370. The SMILES string of the molecule is Cc1cc(-c2ccc(S(=O)(=O)N3CCN(CC(C)NC(=O)c4cc(-c5sc(C)nc5C)ccc4F)CC3)s2)on1. The minimum absolute atomic E-state index is 0.0125. The van der Waals surface area contributed by atoms with Crippen molar-refractivity contribution in [1.82, 2.24) is 24.7 Å². The van der Waals surface area contributed by atoms with E-state index in [0.29, 0.717) is 43.4 Å². The van der Waals surface area contributed by atoms with Gasteiger partial charge in [-0.15, -0.1) is 22.7 Å². The molecule has 1 aliphatic rings. The monoisotopic (exact) mass is 603 g/mol. The molecule has 4 aromatic rings. The number of carbonyl (C=O) groups excluding carboxylic acids is 1. The lowest BCUT2D eigenvalue weighted by atomic mass is 10.1. The van der Waals surface area contributed by atoms with Crippen molar-refractivity contribution in [3.8, 4) is 21.1 Å². The number of nitrogens with one attached hydrogen (secondary N) is 1. The highest BCUT2D eigenvalue weighted by molar-refractivity contribution is 7.91. The maximum atomic E-state index is 14.6. The van der Waals surface area contributed by atoms with E-state index in [9.17, 15) is 17.6 Å². The molecule has 212 valence electrons. The molecule has 1 aromatic carbocycles. The normalized spacial score (nSPS) is 15.8. The van der Waals surface area contributed by atoms with Crippen molar-refractivity contribution in [2.24, 2.45) is 0 Å². The largest absolute Gasteiger partial charge is 0.355 e. The van der Waals surface area contributed by atoms with Gasteiger partial charge in [-0.25, -0.2) is 17.8 Å². The van der Waals surface area contributed by atoms with Crippen LogP contribution in [0.3, 0.4) is 0 Å². The molecule has 1 saturated heterocycles. The molecule has 1 aliphatic heterocycles. The van der Waals surface area contributed by atoms with E-state index in [1.807, 2.05) is 27.7 Å². The number of hydrogen-bond donors (Lipinski definition) is 1. The van der Waals surface area contributed by atoms with Crippen LogP contribution in [0.5, 0.6) is 0 Å². The number of carbonyl (C=O) groups is 1. The van der Waals surface area contributed by atoms with E-state index in [2.05, 4.69) is 20.4 Å². The second-order valence-corrected chi connectivity index (χ2v) is 14.3. The minimum atomic E-state index is -3.63. The number of halogens is 1. The van der Waals surface area contributed by atoms with Gasteiger partial charge in [0.15, 0.2) is 5.76 Å². The van der Waals surface area contributed by atoms with Crippen molar-refractivity contribution >= 4 is 38.6 Å². The number of sulfonamides is 1. The molecule has 13 heteroatoms. The Bertz CT molecular complexity index is 1640. The molecule has 1 unspecified atom stereocenters. The molecule has 0 radical (unpaired) electrons. The quantitative estimate of drug-likeness (QED) is 0.311. The van der Waals surface area contributed by atoms with Gasteiger partial charge in [0.2, 0.25) is 0 Å². The van der Waals surface area contributed by atoms with Crippen molar-refractivity contribution < 1.29 is 22.1 Å². The van der Waals surface area contributed by atoms with E-state index in [-0.39, 0.29) is 15.8 Å². The van der Waals surface area contributed by atoms with Crippen LogP contribution in [0.1, 0.15) is 33.7 Å². The van der Waals surface area contributed by atoms with Crippen LogP contribution < -0.4 is 5.32 Å². The summed E-state index contributed by atoms with van der Waals surface area (Å²) in [5, 5.41) is 7.67. The number of thiophene rings is 1. The fourth-order valence-electron chi connectivity index (χ4n) is 4.72. The predicted molar refractivity (Wildman–Crippen MR) is 154 cm³/mol. The number of benzene rings is 1. The third-order valence-corrected chi connectivity index (χ3v) is 11.3. The Morgan fingerprint density at radius 2 is 1.85 bits per heavy atom. The molecule has 0 aliphatic carbocycles. The van der Waals surface area contributed by atoms with Crippen molar-refractivity contribution in [3.05, 3.63) is 64.2 Å². The molecule has 4 heterocycles. The molecular weight excluding hydrogens is 574 g/mol. The maximum absolute atomic E-state index is 14.6. The summed E-state index contributed by atoms with van der Waals surface area (Å²) in [4.78, 5) is 21.1. The first-order chi connectivity index (χ1) is 19.0. The summed E-state index contributed by atoms with van der Waals surface area (Å²) in [6.45, 7) is 9.70. The second-order valence-electron chi connectivity index (χ2n) is 9.87. The van der Waals surface area contributed by atoms with Gasteiger partial charge in [0, 0.05) is 44.8 Å². The lowest BCUT2D eigenvalue weighted by molar-refractivity contribution is 0.0918. The van der Waals surface area contributed by atoms with Crippen molar-refractivity contribution in [1.29, 1.82) is 0 Å². The summed E-state index contributed by atoms with van der Waals surface area (Å²) in [5.74, 6) is -0.520. The molecule has 0 saturated carbocycles. The summed E-state index contributed by atoms with van der Waals surface area (Å²) in [5.41, 5.74) is 2.32. The Balaban J connectivity index is 1.17. The number of rotatable bonds is 8. The highest BCUT2D eigenvalue weighted by atomic mass is 32.2.